The Bertz CT molecular complexity index is 812. The Labute approximate surface area is 141 Å². The van der Waals surface area contributed by atoms with Crippen molar-refractivity contribution in [2.24, 2.45) is 0 Å². The van der Waals surface area contributed by atoms with Crippen LogP contribution in [-0.2, 0) is 36.0 Å². The third-order valence-corrected chi connectivity index (χ3v) is 5.85. The molecule has 124 valence electrons. The van der Waals surface area contributed by atoms with E-state index in [1.165, 1.54) is 28.9 Å². The zero-order chi connectivity index (χ0) is 16.3. The van der Waals surface area contributed by atoms with Crippen molar-refractivity contribution in [1.82, 2.24) is 15.3 Å². The minimum Gasteiger partial charge on any atom is -0.344 e. The number of hydrogen-bond acceptors (Lipinski definition) is 3. The van der Waals surface area contributed by atoms with Crippen LogP contribution in [-0.4, -0.2) is 29.0 Å². The number of amides is 1. The standard InChI is InChI=1S/C19H22N4O/c1-2-12-5-3-8-15-17(12)19(10-20-11-19)18(24)23(15)9-16-21-13-6-4-7-14(13)22-16/h3,5,8,20H,2,4,6-7,9-11H2,1H3,(H,21,22). The Morgan fingerprint density at radius 1 is 1.29 bits per heavy atom. The normalized spacial score (nSPS) is 20.4. The highest BCUT2D eigenvalue weighted by atomic mass is 16.2. The fourth-order valence-corrected chi connectivity index (χ4v) is 4.57. The quantitative estimate of drug-likeness (QED) is 0.906. The summed E-state index contributed by atoms with van der Waals surface area (Å²) in [5.41, 5.74) is 5.73. The molecule has 1 aromatic carbocycles. The molecule has 1 aromatic heterocycles. The second-order valence-corrected chi connectivity index (χ2v) is 7.20. The number of benzene rings is 1. The van der Waals surface area contributed by atoms with Gasteiger partial charge in [-0.1, -0.05) is 19.1 Å². The minimum atomic E-state index is -0.350. The molecule has 0 unspecified atom stereocenters. The van der Waals surface area contributed by atoms with Crippen LogP contribution in [0.25, 0.3) is 0 Å². The van der Waals surface area contributed by atoms with Crippen molar-refractivity contribution in [3.8, 4) is 0 Å². The number of imidazole rings is 1. The van der Waals surface area contributed by atoms with Crippen LogP contribution in [0.2, 0.25) is 0 Å². The molecule has 1 saturated heterocycles. The lowest BCUT2D eigenvalue weighted by Gasteiger charge is -2.38. The highest BCUT2D eigenvalue weighted by Gasteiger charge is 2.55. The number of anilines is 1. The van der Waals surface area contributed by atoms with Crippen LogP contribution in [0.15, 0.2) is 18.2 Å². The number of fused-ring (bicyclic) bond motifs is 3. The molecule has 2 N–H and O–H groups in total. The van der Waals surface area contributed by atoms with Crippen molar-refractivity contribution in [3.05, 3.63) is 46.5 Å². The van der Waals surface area contributed by atoms with E-state index in [4.69, 9.17) is 4.98 Å². The molecule has 1 spiro atoms. The van der Waals surface area contributed by atoms with Crippen LogP contribution in [0.4, 0.5) is 5.69 Å². The first-order valence-corrected chi connectivity index (χ1v) is 8.94. The highest BCUT2D eigenvalue weighted by molar-refractivity contribution is 6.09. The van der Waals surface area contributed by atoms with Crippen LogP contribution in [0.5, 0.6) is 0 Å². The number of nitrogens with one attached hydrogen (secondary N) is 2. The maximum atomic E-state index is 13.3. The van der Waals surface area contributed by atoms with Gasteiger partial charge in [-0.15, -0.1) is 0 Å². The van der Waals surface area contributed by atoms with Gasteiger partial charge < -0.3 is 15.2 Å². The Morgan fingerprint density at radius 2 is 2.17 bits per heavy atom. The number of aromatic nitrogens is 2. The summed E-state index contributed by atoms with van der Waals surface area (Å²) in [5.74, 6) is 1.15. The van der Waals surface area contributed by atoms with E-state index >= 15 is 0 Å². The van der Waals surface area contributed by atoms with Gasteiger partial charge in [0, 0.05) is 24.5 Å². The summed E-state index contributed by atoms with van der Waals surface area (Å²) in [6.45, 7) is 4.22. The largest absolute Gasteiger partial charge is 0.344 e. The molecule has 0 saturated carbocycles. The maximum absolute atomic E-state index is 13.3. The minimum absolute atomic E-state index is 0.230. The monoisotopic (exact) mass is 322 g/mol. The molecule has 5 nitrogen and oxygen atoms in total. The highest BCUT2D eigenvalue weighted by Crippen LogP contribution is 2.46. The summed E-state index contributed by atoms with van der Waals surface area (Å²) in [6.07, 6.45) is 4.29. The number of H-pyrrole nitrogens is 1. The fraction of sp³-hybridized carbons (Fsp3) is 0.474. The van der Waals surface area contributed by atoms with Crippen molar-refractivity contribution in [1.29, 1.82) is 0 Å². The van der Waals surface area contributed by atoms with E-state index in [1.54, 1.807) is 0 Å². The first kappa shape index (κ1) is 14.2. The Morgan fingerprint density at radius 3 is 2.88 bits per heavy atom. The first-order chi connectivity index (χ1) is 11.7. The van der Waals surface area contributed by atoms with Crippen LogP contribution in [0.1, 0.15) is 41.7 Å². The van der Waals surface area contributed by atoms with Gasteiger partial charge in [0.05, 0.1) is 12.2 Å². The van der Waals surface area contributed by atoms with Gasteiger partial charge in [-0.2, -0.15) is 0 Å². The molecule has 1 fully saturated rings. The SMILES string of the molecule is CCc1cccc2c1C1(CNC1)C(=O)N2Cc1nc2c([nH]1)CCC2. The predicted octanol–water partition coefficient (Wildman–Crippen LogP) is 1.85. The van der Waals surface area contributed by atoms with Gasteiger partial charge in [0.1, 0.15) is 11.2 Å². The van der Waals surface area contributed by atoms with Crippen molar-refractivity contribution in [3.63, 3.8) is 0 Å². The van der Waals surface area contributed by atoms with E-state index < -0.39 is 0 Å². The average Bonchev–Trinajstić information content (AvgIpc) is 3.18. The lowest BCUT2D eigenvalue weighted by molar-refractivity contribution is -0.125. The van der Waals surface area contributed by atoms with E-state index in [0.717, 1.165) is 43.9 Å². The Kier molecular flexibility index (Phi) is 2.92. The van der Waals surface area contributed by atoms with E-state index in [2.05, 4.69) is 35.4 Å². The molecule has 2 aromatic rings. The van der Waals surface area contributed by atoms with E-state index in [1.807, 2.05) is 4.90 Å². The summed E-state index contributed by atoms with van der Waals surface area (Å²) >= 11 is 0. The maximum Gasteiger partial charge on any atom is 0.240 e. The van der Waals surface area contributed by atoms with Gasteiger partial charge in [0.2, 0.25) is 5.91 Å². The molecule has 1 amide bonds. The molecule has 3 aliphatic rings. The fourth-order valence-electron chi connectivity index (χ4n) is 4.57. The zero-order valence-electron chi connectivity index (χ0n) is 14.0. The number of aryl methyl sites for hydroxylation is 3. The average molecular weight is 322 g/mol. The topological polar surface area (TPSA) is 61.0 Å². The van der Waals surface area contributed by atoms with Crippen LogP contribution in [0, 0.1) is 0 Å². The molecule has 5 heteroatoms. The van der Waals surface area contributed by atoms with Gasteiger partial charge in [-0.25, -0.2) is 4.98 Å². The lowest BCUT2D eigenvalue weighted by atomic mass is 9.74. The molecule has 1 aliphatic carbocycles. The lowest BCUT2D eigenvalue weighted by Crippen LogP contribution is -2.62. The molecule has 0 atom stereocenters. The van der Waals surface area contributed by atoms with Gasteiger partial charge in [0.15, 0.2) is 0 Å². The summed E-state index contributed by atoms with van der Waals surface area (Å²) in [4.78, 5) is 23.4. The van der Waals surface area contributed by atoms with E-state index in [-0.39, 0.29) is 11.3 Å². The summed E-state index contributed by atoms with van der Waals surface area (Å²) < 4.78 is 0. The second kappa shape index (κ2) is 4.93. The molecule has 3 heterocycles. The summed E-state index contributed by atoms with van der Waals surface area (Å²) in [7, 11) is 0. The smallest absolute Gasteiger partial charge is 0.240 e. The predicted molar refractivity (Wildman–Crippen MR) is 92.2 cm³/mol. The Balaban J connectivity index is 1.56. The van der Waals surface area contributed by atoms with Gasteiger partial charge in [-0.3, -0.25) is 4.79 Å². The van der Waals surface area contributed by atoms with Crippen molar-refractivity contribution < 1.29 is 4.79 Å². The molecule has 2 aliphatic heterocycles. The first-order valence-electron chi connectivity index (χ1n) is 8.94. The van der Waals surface area contributed by atoms with Crippen LogP contribution in [0.3, 0.4) is 0 Å². The molecular weight excluding hydrogens is 300 g/mol. The van der Waals surface area contributed by atoms with Gasteiger partial charge in [0.25, 0.3) is 0 Å². The van der Waals surface area contributed by atoms with Crippen LogP contribution < -0.4 is 10.2 Å². The second-order valence-electron chi connectivity index (χ2n) is 7.20. The van der Waals surface area contributed by atoms with Crippen molar-refractivity contribution >= 4 is 11.6 Å². The van der Waals surface area contributed by atoms with Crippen molar-refractivity contribution in [2.45, 2.75) is 44.6 Å². The third kappa shape index (κ3) is 1.73. The number of carbonyl (C=O) groups is 1. The molecule has 0 bridgehead atoms. The van der Waals surface area contributed by atoms with Gasteiger partial charge in [-0.05, 0) is 42.9 Å². The molecule has 5 rings (SSSR count). The van der Waals surface area contributed by atoms with Crippen molar-refractivity contribution in [2.75, 3.05) is 18.0 Å². The number of hydrogen-bond donors (Lipinski definition) is 2. The third-order valence-electron chi connectivity index (χ3n) is 5.85. The summed E-state index contributed by atoms with van der Waals surface area (Å²) in [6, 6.07) is 6.33. The molecule has 0 radical (unpaired) electrons. The number of rotatable bonds is 3. The number of aromatic amines is 1. The zero-order valence-corrected chi connectivity index (χ0v) is 14.0. The molecule has 24 heavy (non-hydrogen) atoms. The van der Waals surface area contributed by atoms with Gasteiger partial charge >= 0.3 is 0 Å². The molecular formula is C19H22N4O. The van der Waals surface area contributed by atoms with E-state index in [0.29, 0.717) is 6.54 Å². The Hall–Kier alpha value is -2.14. The number of nitrogens with zero attached hydrogens (tertiary/aromatic N) is 2. The number of carbonyl (C=O) groups excluding carboxylic acids is 1. The van der Waals surface area contributed by atoms with Crippen LogP contribution >= 0.6 is 0 Å². The summed E-state index contributed by atoms with van der Waals surface area (Å²) in [5, 5.41) is 3.31. The van der Waals surface area contributed by atoms with E-state index in [9.17, 15) is 4.79 Å².